The number of thioether (sulfide) groups is 1. The molecule has 0 N–H and O–H groups in total. The van der Waals surface area contributed by atoms with Crippen LogP contribution in [0, 0.1) is 0 Å². The van der Waals surface area contributed by atoms with Crippen molar-refractivity contribution in [2.75, 3.05) is 13.6 Å². The number of amides is 2. The summed E-state index contributed by atoms with van der Waals surface area (Å²) in [6.45, 7) is 4.18. The van der Waals surface area contributed by atoms with Crippen molar-refractivity contribution in [2.24, 2.45) is 0 Å². The topological polar surface area (TPSA) is 40.6 Å². The van der Waals surface area contributed by atoms with E-state index in [1.54, 1.807) is 30.1 Å². The number of nitrogens with zero attached hydrogens (tertiary/aromatic N) is 2. The Kier molecular flexibility index (Phi) is 4.76. The molecule has 0 aliphatic carbocycles. The largest absolute Gasteiger partial charge is 0.321 e. The van der Waals surface area contributed by atoms with E-state index in [-0.39, 0.29) is 12.1 Å². The van der Waals surface area contributed by atoms with Crippen LogP contribution in [-0.4, -0.2) is 46.6 Å². The number of halogens is 2. The lowest BCUT2D eigenvalue weighted by atomic mass is 10.3. The minimum atomic E-state index is -0.963. The lowest BCUT2D eigenvalue weighted by molar-refractivity contribution is -0.111. The molecule has 4 nitrogen and oxygen atoms in total. The van der Waals surface area contributed by atoms with E-state index in [0.717, 1.165) is 11.2 Å². The van der Waals surface area contributed by atoms with E-state index >= 15 is 0 Å². The summed E-state index contributed by atoms with van der Waals surface area (Å²) in [7, 11) is 1.64. The quantitative estimate of drug-likeness (QED) is 0.779. The van der Waals surface area contributed by atoms with Gasteiger partial charge in [-0.1, -0.05) is 35.0 Å². The molecule has 114 valence electrons. The second-order valence-corrected chi connectivity index (χ2v) is 7.49. The summed E-state index contributed by atoms with van der Waals surface area (Å²) in [5, 5.41) is 0.998. The number of carbonyl (C=O) groups is 2. The standard InChI is InChI=1S/C14H16Cl2N2O2S/c1-9(2)18-7-14(8-19,17(3)13(18)20)21-12-5-10(15)4-11(16)6-12/h4-6,8-9H,7H2,1-3H3. The van der Waals surface area contributed by atoms with Gasteiger partial charge < -0.3 is 9.80 Å². The first-order valence-corrected chi connectivity index (χ1v) is 8.02. The summed E-state index contributed by atoms with van der Waals surface area (Å²) in [5.74, 6) is 0. The van der Waals surface area contributed by atoms with Crippen LogP contribution in [0.5, 0.6) is 0 Å². The summed E-state index contributed by atoms with van der Waals surface area (Å²) in [6, 6.07) is 4.98. The van der Waals surface area contributed by atoms with Gasteiger partial charge in [0, 0.05) is 28.0 Å². The van der Waals surface area contributed by atoms with Crippen LogP contribution in [0.2, 0.25) is 10.0 Å². The van der Waals surface area contributed by atoms with Crippen molar-refractivity contribution in [2.45, 2.75) is 29.7 Å². The normalized spacial score (nSPS) is 22.3. The van der Waals surface area contributed by atoms with Crippen LogP contribution in [0.15, 0.2) is 23.1 Å². The van der Waals surface area contributed by atoms with Crippen molar-refractivity contribution in [1.29, 1.82) is 0 Å². The molecule has 21 heavy (non-hydrogen) atoms. The van der Waals surface area contributed by atoms with Crippen molar-refractivity contribution >= 4 is 47.3 Å². The second-order valence-electron chi connectivity index (χ2n) is 5.23. The number of hydrogen-bond donors (Lipinski definition) is 0. The summed E-state index contributed by atoms with van der Waals surface area (Å²) in [6.07, 6.45) is 0.812. The average Bonchev–Trinajstić information content (AvgIpc) is 2.63. The molecule has 1 unspecified atom stereocenters. The summed E-state index contributed by atoms with van der Waals surface area (Å²) in [5.41, 5.74) is 0. The van der Waals surface area contributed by atoms with Crippen LogP contribution in [0.3, 0.4) is 0 Å². The van der Waals surface area contributed by atoms with Gasteiger partial charge in [0.2, 0.25) is 0 Å². The summed E-state index contributed by atoms with van der Waals surface area (Å²) >= 11 is 13.3. The average molecular weight is 347 g/mol. The highest BCUT2D eigenvalue weighted by molar-refractivity contribution is 8.01. The number of rotatable bonds is 4. The first-order chi connectivity index (χ1) is 9.79. The van der Waals surface area contributed by atoms with E-state index in [0.29, 0.717) is 16.6 Å². The maximum Gasteiger partial charge on any atom is 0.321 e. The fraction of sp³-hybridized carbons (Fsp3) is 0.429. The molecule has 1 aliphatic rings. The lowest BCUT2D eigenvalue weighted by Crippen LogP contribution is -2.43. The number of likely N-dealkylation sites (N-methyl/N-ethyl adjacent to an activating group) is 1. The maximum absolute atomic E-state index is 12.3. The number of benzene rings is 1. The van der Waals surface area contributed by atoms with Gasteiger partial charge in [-0.25, -0.2) is 4.79 Å². The molecule has 0 bridgehead atoms. The Morgan fingerprint density at radius 3 is 2.29 bits per heavy atom. The van der Waals surface area contributed by atoms with Gasteiger partial charge in [-0.05, 0) is 32.0 Å². The molecule has 1 atom stereocenters. The second kappa shape index (κ2) is 6.07. The summed E-state index contributed by atoms with van der Waals surface area (Å²) < 4.78 is 0. The molecule has 1 aromatic carbocycles. The highest BCUT2D eigenvalue weighted by Crippen LogP contribution is 2.41. The number of carbonyl (C=O) groups excluding carboxylic acids is 2. The highest BCUT2D eigenvalue weighted by atomic mass is 35.5. The minimum absolute atomic E-state index is 0.0327. The van der Waals surface area contributed by atoms with Gasteiger partial charge in [-0.2, -0.15) is 0 Å². The van der Waals surface area contributed by atoms with Gasteiger partial charge in [-0.3, -0.25) is 4.79 Å². The molecular formula is C14H16Cl2N2O2S. The van der Waals surface area contributed by atoms with Crippen LogP contribution in [-0.2, 0) is 4.79 Å². The van der Waals surface area contributed by atoms with E-state index in [1.165, 1.54) is 16.7 Å². The van der Waals surface area contributed by atoms with Gasteiger partial charge in [0.05, 0.1) is 6.54 Å². The monoisotopic (exact) mass is 346 g/mol. The fourth-order valence-corrected chi connectivity index (χ4v) is 4.11. The Bertz CT molecular complexity index is 562. The molecule has 1 aliphatic heterocycles. The van der Waals surface area contributed by atoms with Gasteiger partial charge in [-0.15, -0.1) is 0 Å². The molecule has 1 fully saturated rings. The molecule has 0 aromatic heterocycles. The Hall–Kier alpha value is -0.910. The lowest BCUT2D eigenvalue weighted by Gasteiger charge is -2.28. The van der Waals surface area contributed by atoms with E-state index < -0.39 is 4.87 Å². The predicted octanol–water partition coefficient (Wildman–Crippen LogP) is 3.76. The van der Waals surface area contributed by atoms with Crippen LogP contribution in [0.4, 0.5) is 4.79 Å². The number of hydrogen-bond acceptors (Lipinski definition) is 3. The van der Waals surface area contributed by atoms with Crippen LogP contribution >= 0.6 is 35.0 Å². The molecule has 2 rings (SSSR count). The Balaban J connectivity index is 2.34. The minimum Gasteiger partial charge on any atom is -0.318 e. The predicted molar refractivity (Wildman–Crippen MR) is 86.1 cm³/mol. The smallest absolute Gasteiger partial charge is 0.318 e. The first-order valence-electron chi connectivity index (χ1n) is 6.45. The molecule has 2 amide bonds. The zero-order valence-corrected chi connectivity index (χ0v) is 14.3. The zero-order valence-electron chi connectivity index (χ0n) is 12.0. The van der Waals surface area contributed by atoms with E-state index in [1.807, 2.05) is 13.8 Å². The Morgan fingerprint density at radius 2 is 1.86 bits per heavy atom. The van der Waals surface area contributed by atoms with Crippen LogP contribution in [0.25, 0.3) is 0 Å². The van der Waals surface area contributed by atoms with E-state index in [4.69, 9.17) is 23.2 Å². The van der Waals surface area contributed by atoms with Crippen LogP contribution in [0.1, 0.15) is 13.8 Å². The van der Waals surface area contributed by atoms with Crippen molar-refractivity contribution in [3.05, 3.63) is 28.2 Å². The van der Waals surface area contributed by atoms with Gasteiger partial charge in [0.25, 0.3) is 0 Å². The molecule has 0 spiro atoms. The molecule has 1 aromatic rings. The number of aldehydes is 1. The third kappa shape index (κ3) is 3.15. The molecule has 7 heteroatoms. The van der Waals surface area contributed by atoms with Crippen molar-refractivity contribution in [3.8, 4) is 0 Å². The SMILES string of the molecule is CC(C)N1CC(C=O)(Sc2cc(Cl)cc(Cl)c2)N(C)C1=O. The zero-order chi connectivity index (χ0) is 15.8. The highest BCUT2D eigenvalue weighted by Gasteiger charge is 2.49. The molecule has 0 saturated carbocycles. The van der Waals surface area contributed by atoms with Crippen molar-refractivity contribution in [3.63, 3.8) is 0 Å². The molecule has 0 radical (unpaired) electrons. The fourth-order valence-electron chi connectivity index (χ4n) is 2.21. The molecule has 1 heterocycles. The van der Waals surface area contributed by atoms with Crippen molar-refractivity contribution < 1.29 is 9.59 Å². The molecular weight excluding hydrogens is 331 g/mol. The van der Waals surface area contributed by atoms with Gasteiger partial charge in [0.1, 0.15) is 0 Å². The van der Waals surface area contributed by atoms with E-state index in [9.17, 15) is 9.59 Å². The van der Waals surface area contributed by atoms with Crippen molar-refractivity contribution in [1.82, 2.24) is 9.80 Å². The summed E-state index contributed by atoms with van der Waals surface area (Å²) in [4.78, 5) is 26.9. The Labute approximate surface area is 138 Å². The maximum atomic E-state index is 12.3. The third-order valence-corrected chi connectivity index (χ3v) is 5.20. The van der Waals surface area contributed by atoms with Gasteiger partial charge in [0.15, 0.2) is 11.2 Å². The first kappa shape index (κ1) is 16.5. The Morgan fingerprint density at radius 1 is 1.29 bits per heavy atom. The van der Waals surface area contributed by atoms with Crippen LogP contribution < -0.4 is 0 Å². The van der Waals surface area contributed by atoms with E-state index in [2.05, 4.69) is 0 Å². The van der Waals surface area contributed by atoms with Gasteiger partial charge >= 0.3 is 6.03 Å². The molecule has 1 saturated heterocycles. The number of urea groups is 1. The third-order valence-electron chi connectivity index (χ3n) is 3.44.